The molecule has 0 saturated heterocycles. The SMILES string of the molecule is CC(=O)c1ccc(S(=O)(=O)N(C)CCCC(=O)Nc2ccc(C)cc2Br)cc1. The minimum atomic E-state index is -3.67. The van der Waals surface area contributed by atoms with E-state index in [4.69, 9.17) is 0 Å². The van der Waals surface area contributed by atoms with Crippen molar-refractivity contribution in [3.63, 3.8) is 0 Å². The summed E-state index contributed by atoms with van der Waals surface area (Å²) in [5.74, 6) is -0.301. The number of anilines is 1. The van der Waals surface area contributed by atoms with E-state index < -0.39 is 10.0 Å². The number of carbonyl (C=O) groups excluding carboxylic acids is 2. The van der Waals surface area contributed by atoms with E-state index in [1.165, 1.54) is 42.5 Å². The first kappa shape index (κ1) is 22.3. The normalized spacial score (nSPS) is 11.5. The fourth-order valence-corrected chi connectivity index (χ4v) is 4.36. The highest BCUT2D eigenvalue weighted by Crippen LogP contribution is 2.23. The van der Waals surface area contributed by atoms with Crippen LogP contribution in [0.2, 0.25) is 0 Å². The van der Waals surface area contributed by atoms with Crippen molar-refractivity contribution in [3.8, 4) is 0 Å². The summed E-state index contributed by atoms with van der Waals surface area (Å²) < 4.78 is 27.2. The van der Waals surface area contributed by atoms with E-state index in [9.17, 15) is 18.0 Å². The monoisotopic (exact) mass is 466 g/mol. The number of rotatable bonds is 8. The Kier molecular flexibility index (Phi) is 7.51. The zero-order valence-corrected chi connectivity index (χ0v) is 18.4. The molecule has 0 aliphatic heterocycles. The molecular weight excluding hydrogens is 444 g/mol. The van der Waals surface area contributed by atoms with E-state index >= 15 is 0 Å². The first-order valence-corrected chi connectivity index (χ1v) is 11.0. The fraction of sp³-hybridized carbons (Fsp3) is 0.300. The van der Waals surface area contributed by atoms with Crippen LogP contribution in [-0.2, 0) is 14.8 Å². The van der Waals surface area contributed by atoms with Crippen molar-refractivity contribution in [2.24, 2.45) is 0 Å². The Hall–Kier alpha value is -2.03. The molecule has 0 fully saturated rings. The lowest BCUT2D eigenvalue weighted by atomic mass is 10.2. The molecule has 0 saturated carbocycles. The van der Waals surface area contributed by atoms with Gasteiger partial charge in [-0.25, -0.2) is 12.7 Å². The molecule has 0 aliphatic carbocycles. The highest BCUT2D eigenvalue weighted by atomic mass is 79.9. The molecule has 2 aromatic carbocycles. The molecule has 0 aliphatic rings. The van der Waals surface area contributed by atoms with Crippen molar-refractivity contribution in [1.82, 2.24) is 4.31 Å². The molecule has 1 amide bonds. The summed E-state index contributed by atoms with van der Waals surface area (Å²) in [5, 5.41) is 2.81. The molecule has 28 heavy (non-hydrogen) atoms. The van der Waals surface area contributed by atoms with Crippen LogP contribution in [0.3, 0.4) is 0 Å². The number of Topliss-reactive ketones (excluding diaryl/α,β-unsaturated/α-hetero) is 1. The molecule has 1 N–H and O–H groups in total. The van der Waals surface area contributed by atoms with Gasteiger partial charge in [0.15, 0.2) is 5.78 Å². The van der Waals surface area contributed by atoms with Gasteiger partial charge in [0.2, 0.25) is 15.9 Å². The van der Waals surface area contributed by atoms with Crippen LogP contribution in [0.5, 0.6) is 0 Å². The molecular formula is C20H23BrN2O4S. The van der Waals surface area contributed by atoms with Crippen LogP contribution in [0.1, 0.15) is 35.7 Å². The Bertz CT molecular complexity index is 972. The summed E-state index contributed by atoms with van der Waals surface area (Å²) >= 11 is 3.41. The van der Waals surface area contributed by atoms with E-state index in [-0.39, 0.29) is 29.6 Å². The van der Waals surface area contributed by atoms with Crippen molar-refractivity contribution < 1.29 is 18.0 Å². The van der Waals surface area contributed by atoms with Crippen LogP contribution in [0.25, 0.3) is 0 Å². The molecule has 0 radical (unpaired) electrons. The minimum absolute atomic E-state index is 0.119. The zero-order valence-electron chi connectivity index (χ0n) is 16.0. The summed E-state index contributed by atoms with van der Waals surface area (Å²) in [4.78, 5) is 23.6. The smallest absolute Gasteiger partial charge is 0.242 e. The molecule has 0 unspecified atom stereocenters. The Balaban J connectivity index is 1.90. The first-order valence-electron chi connectivity index (χ1n) is 8.74. The van der Waals surface area contributed by atoms with Gasteiger partial charge in [-0.05, 0) is 66.0 Å². The fourth-order valence-electron chi connectivity index (χ4n) is 2.56. The third-order valence-electron chi connectivity index (χ3n) is 4.24. The average molecular weight is 467 g/mol. The van der Waals surface area contributed by atoms with Gasteiger partial charge in [-0.3, -0.25) is 9.59 Å². The molecule has 6 nitrogen and oxygen atoms in total. The Labute approximate surface area is 174 Å². The summed E-state index contributed by atoms with van der Waals surface area (Å²) in [6.07, 6.45) is 0.583. The Morgan fingerprint density at radius 1 is 1.11 bits per heavy atom. The van der Waals surface area contributed by atoms with Crippen molar-refractivity contribution in [2.45, 2.75) is 31.6 Å². The molecule has 0 heterocycles. The maximum atomic E-state index is 12.6. The lowest BCUT2D eigenvalue weighted by molar-refractivity contribution is -0.116. The van der Waals surface area contributed by atoms with Crippen LogP contribution >= 0.6 is 15.9 Å². The van der Waals surface area contributed by atoms with E-state index in [2.05, 4.69) is 21.2 Å². The zero-order chi connectivity index (χ0) is 20.9. The number of sulfonamides is 1. The maximum Gasteiger partial charge on any atom is 0.242 e. The molecule has 0 spiro atoms. The second kappa shape index (κ2) is 9.45. The molecule has 150 valence electrons. The third-order valence-corrected chi connectivity index (χ3v) is 6.77. The van der Waals surface area contributed by atoms with Gasteiger partial charge < -0.3 is 5.32 Å². The molecule has 2 aromatic rings. The van der Waals surface area contributed by atoms with Gasteiger partial charge in [0.25, 0.3) is 0 Å². The molecule has 0 bridgehead atoms. The minimum Gasteiger partial charge on any atom is -0.325 e. The second-order valence-electron chi connectivity index (χ2n) is 6.54. The number of nitrogens with zero attached hydrogens (tertiary/aromatic N) is 1. The maximum absolute atomic E-state index is 12.6. The van der Waals surface area contributed by atoms with E-state index in [0.717, 1.165) is 10.0 Å². The lowest BCUT2D eigenvalue weighted by Crippen LogP contribution is -2.28. The Morgan fingerprint density at radius 3 is 2.32 bits per heavy atom. The van der Waals surface area contributed by atoms with Crippen molar-refractivity contribution in [1.29, 1.82) is 0 Å². The first-order chi connectivity index (χ1) is 13.1. The molecule has 2 rings (SSSR count). The predicted octanol–water partition coefficient (Wildman–Crippen LogP) is 4.00. The van der Waals surface area contributed by atoms with Crippen molar-refractivity contribution in [3.05, 3.63) is 58.1 Å². The number of halogens is 1. The van der Waals surface area contributed by atoms with E-state index in [0.29, 0.717) is 17.7 Å². The van der Waals surface area contributed by atoms with Crippen LogP contribution in [0.4, 0.5) is 5.69 Å². The van der Waals surface area contributed by atoms with Crippen molar-refractivity contribution >= 4 is 43.3 Å². The van der Waals surface area contributed by atoms with Crippen LogP contribution in [0, 0.1) is 6.92 Å². The molecule has 0 aromatic heterocycles. The van der Waals surface area contributed by atoms with Crippen molar-refractivity contribution in [2.75, 3.05) is 18.9 Å². The van der Waals surface area contributed by atoms with E-state index in [1.54, 1.807) is 0 Å². The van der Waals surface area contributed by atoms with Gasteiger partial charge >= 0.3 is 0 Å². The topological polar surface area (TPSA) is 83.6 Å². The number of aryl methyl sites for hydroxylation is 1. The number of nitrogens with one attached hydrogen (secondary N) is 1. The third kappa shape index (κ3) is 5.73. The number of amides is 1. The van der Waals surface area contributed by atoms with Crippen LogP contribution < -0.4 is 5.32 Å². The molecule has 8 heteroatoms. The van der Waals surface area contributed by atoms with Gasteiger partial charge in [0.05, 0.1) is 10.6 Å². The van der Waals surface area contributed by atoms with Crippen LogP contribution in [-0.4, -0.2) is 38.0 Å². The summed E-state index contributed by atoms with van der Waals surface area (Å²) in [7, 11) is -2.19. The summed E-state index contributed by atoms with van der Waals surface area (Å²) in [5.41, 5.74) is 2.22. The van der Waals surface area contributed by atoms with E-state index in [1.807, 2.05) is 25.1 Å². The van der Waals surface area contributed by atoms with Gasteiger partial charge in [-0.1, -0.05) is 18.2 Å². The lowest BCUT2D eigenvalue weighted by Gasteiger charge is -2.17. The number of benzene rings is 2. The summed E-state index contributed by atoms with van der Waals surface area (Å²) in [6.45, 7) is 3.59. The van der Waals surface area contributed by atoms with Gasteiger partial charge in [-0.15, -0.1) is 0 Å². The number of carbonyl (C=O) groups is 2. The van der Waals surface area contributed by atoms with Gasteiger partial charge in [-0.2, -0.15) is 0 Å². The number of ketones is 1. The summed E-state index contributed by atoms with van der Waals surface area (Å²) in [6, 6.07) is 11.5. The number of hydrogen-bond acceptors (Lipinski definition) is 4. The quantitative estimate of drug-likeness (QED) is 0.595. The second-order valence-corrected chi connectivity index (χ2v) is 9.44. The van der Waals surface area contributed by atoms with Gasteiger partial charge in [0.1, 0.15) is 0 Å². The highest BCUT2D eigenvalue weighted by Gasteiger charge is 2.20. The Morgan fingerprint density at radius 2 is 1.75 bits per heavy atom. The molecule has 0 atom stereocenters. The van der Waals surface area contributed by atoms with Crippen LogP contribution in [0.15, 0.2) is 51.8 Å². The largest absolute Gasteiger partial charge is 0.325 e. The standard InChI is InChI=1S/C20H23BrN2O4S/c1-14-6-11-19(18(21)13-14)22-20(25)5-4-12-23(3)28(26,27)17-9-7-16(8-10-17)15(2)24/h6-11,13H,4-5,12H2,1-3H3,(H,22,25). The average Bonchev–Trinajstić information content (AvgIpc) is 2.64. The van der Waals surface area contributed by atoms with Gasteiger partial charge in [0, 0.05) is 30.0 Å². The predicted molar refractivity (Wildman–Crippen MR) is 113 cm³/mol. The number of hydrogen-bond donors (Lipinski definition) is 1. The highest BCUT2D eigenvalue weighted by molar-refractivity contribution is 9.10.